The summed E-state index contributed by atoms with van der Waals surface area (Å²) >= 11 is 7.16. The molecule has 0 amide bonds. The van der Waals surface area contributed by atoms with Crippen molar-refractivity contribution in [1.29, 1.82) is 5.41 Å². The van der Waals surface area contributed by atoms with Gasteiger partial charge in [0.25, 0.3) is 0 Å². The van der Waals surface area contributed by atoms with Gasteiger partial charge in [-0.25, -0.2) is 0 Å². The number of carbonyl (C=O) groups is 1. The molecule has 146 valence electrons. The summed E-state index contributed by atoms with van der Waals surface area (Å²) in [6.45, 7) is 0. The van der Waals surface area contributed by atoms with Crippen LogP contribution in [0.5, 0.6) is 5.75 Å². The summed E-state index contributed by atoms with van der Waals surface area (Å²) in [6.07, 6.45) is 0.772. The molecule has 0 spiro atoms. The monoisotopic (exact) mass is 417 g/mol. The average molecular weight is 418 g/mol. The first-order valence-electron chi connectivity index (χ1n) is 8.58. The van der Waals surface area contributed by atoms with Crippen molar-refractivity contribution in [2.24, 2.45) is 0 Å². The Kier molecular flexibility index (Phi) is 6.16. The topological polar surface area (TPSA) is 79.4 Å². The summed E-state index contributed by atoms with van der Waals surface area (Å²) in [6, 6.07) is 10.8. The lowest BCUT2D eigenvalue weighted by molar-refractivity contribution is 0.0984. The van der Waals surface area contributed by atoms with E-state index in [0.717, 1.165) is 11.1 Å². The number of nitrogens with one attached hydrogen (secondary N) is 1. The molecule has 3 aromatic rings. The number of hydrogen-bond donors (Lipinski definition) is 1. The van der Waals surface area contributed by atoms with Crippen molar-refractivity contribution < 1.29 is 14.1 Å². The van der Waals surface area contributed by atoms with Crippen molar-refractivity contribution in [2.45, 2.75) is 12.8 Å². The standard InChI is InChI=1S/C20H20ClN3O3S/c1-24(2)20(22)12-4-6-14(17(10-12)26-3)15-11-13(27-23-15)5-7-16(25)18-8-9-19(21)28-18/h4,6,8-11,22H,5,7H2,1-3H3. The fourth-order valence-corrected chi connectivity index (χ4v) is 3.70. The van der Waals surface area contributed by atoms with Gasteiger partial charge in [0.15, 0.2) is 5.78 Å². The highest BCUT2D eigenvalue weighted by atomic mass is 35.5. The Morgan fingerprint density at radius 1 is 1.29 bits per heavy atom. The zero-order valence-electron chi connectivity index (χ0n) is 15.8. The molecule has 3 rings (SSSR count). The lowest BCUT2D eigenvalue weighted by Gasteiger charge is -2.15. The molecule has 0 radical (unpaired) electrons. The van der Waals surface area contributed by atoms with Crippen molar-refractivity contribution in [3.05, 3.63) is 56.9 Å². The molecule has 0 saturated carbocycles. The van der Waals surface area contributed by atoms with E-state index in [1.165, 1.54) is 11.3 Å². The van der Waals surface area contributed by atoms with Gasteiger partial charge < -0.3 is 14.2 Å². The number of Topliss-reactive ketones (excluding diaryl/α,β-unsaturated/α-hetero) is 1. The normalized spacial score (nSPS) is 10.7. The number of methoxy groups -OCH3 is 1. The molecule has 0 atom stereocenters. The fourth-order valence-electron chi connectivity index (χ4n) is 2.69. The number of hydrogen-bond acceptors (Lipinski definition) is 6. The number of ketones is 1. The zero-order valence-corrected chi connectivity index (χ0v) is 17.4. The summed E-state index contributed by atoms with van der Waals surface area (Å²) in [5.41, 5.74) is 2.14. The highest BCUT2D eigenvalue weighted by Crippen LogP contribution is 2.31. The Morgan fingerprint density at radius 2 is 2.07 bits per heavy atom. The van der Waals surface area contributed by atoms with Crippen LogP contribution in [0.25, 0.3) is 11.3 Å². The van der Waals surface area contributed by atoms with E-state index in [0.29, 0.717) is 45.1 Å². The van der Waals surface area contributed by atoms with E-state index < -0.39 is 0 Å². The molecular formula is C20H20ClN3O3S. The van der Waals surface area contributed by atoms with Crippen LogP contribution in [0, 0.1) is 5.41 Å². The maximum atomic E-state index is 12.2. The van der Waals surface area contributed by atoms with Gasteiger partial charge in [0.2, 0.25) is 0 Å². The zero-order chi connectivity index (χ0) is 20.3. The largest absolute Gasteiger partial charge is 0.496 e. The molecule has 2 aromatic heterocycles. The molecule has 0 bridgehead atoms. The highest BCUT2D eigenvalue weighted by molar-refractivity contribution is 7.18. The third-order valence-corrected chi connectivity index (χ3v) is 5.48. The summed E-state index contributed by atoms with van der Waals surface area (Å²) in [5.74, 6) is 1.64. The van der Waals surface area contributed by atoms with Gasteiger partial charge in [-0.2, -0.15) is 0 Å². The molecule has 0 aliphatic carbocycles. The third kappa shape index (κ3) is 4.43. The molecule has 0 fully saturated rings. The SMILES string of the molecule is COc1cc(C(=N)N(C)C)ccc1-c1cc(CCC(=O)c2ccc(Cl)s2)on1. The first kappa shape index (κ1) is 20.1. The quantitative estimate of drug-likeness (QED) is 0.340. The maximum absolute atomic E-state index is 12.2. The van der Waals surface area contributed by atoms with E-state index in [1.54, 1.807) is 30.2 Å². The number of ether oxygens (including phenoxy) is 1. The molecule has 0 saturated heterocycles. The second-order valence-electron chi connectivity index (χ2n) is 6.36. The van der Waals surface area contributed by atoms with Crippen LogP contribution in [0.2, 0.25) is 4.34 Å². The minimum atomic E-state index is 0.0268. The number of thiophene rings is 1. The molecule has 1 aromatic carbocycles. The second-order valence-corrected chi connectivity index (χ2v) is 8.08. The van der Waals surface area contributed by atoms with Gasteiger partial charge in [-0.15, -0.1) is 11.3 Å². The van der Waals surface area contributed by atoms with Gasteiger partial charge in [0.1, 0.15) is 23.0 Å². The van der Waals surface area contributed by atoms with Crippen molar-refractivity contribution in [2.75, 3.05) is 21.2 Å². The van der Waals surface area contributed by atoms with E-state index in [1.807, 2.05) is 32.3 Å². The minimum absolute atomic E-state index is 0.0268. The number of aromatic nitrogens is 1. The molecule has 8 heteroatoms. The number of benzene rings is 1. The van der Waals surface area contributed by atoms with Gasteiger partial charge in [0, 0.05) is 44.1 Å². The average Bonchev–Trinajstić information content (AvgIpc) is 3.34. The first-order chi connectivity index (χ1) is 13.4. The Bertz CT molecular complexity index is 1010. The number of halogens is 1. The Morgan fingerprint density at radius 3 is 2.71 bits per heavy atom. The summed E-state index contributed by atoms with van der Waals surface area (Å²) in [5, 5.41) is 12.2. The lowest BCUT2D eigenvalue weighted by atomic mass is 10.1. The highest BCUT2D eigenvalue weighted by Gasteiger charge is 2.16. The molecule has 1 N–H and O–H groups in total. The number of nitrogens with zero attached hydrogens (tertiary/aromatic N) is 2. The van der Waals surface area contributed by atoms with Gasteiger partial charge in [-0.3, -0.25) is 10.2 Å². The number of aryl methyl sites for hydroxylation is 1. The van der Waals surface area contributed by atoms with Gasteiger partial charge >= 0.3 is 0 Å². The van der Waals surface area contributed by atoms with Gasteiger partial charge in [0.05, 0.1) is 16.3 Å². The molecule has 2 heterocycles. The summed E-state index contributed by atoms with van der Waals surface area (Å²) < 4.78 is 11.5. The van der Waals surface area contributed by atoms with Crippen LogP contribution in [-0.2, 0) is 6.42 Å². The number of rotatable bonds is 7. The Labute approximate surface area is 172 Å². The molecule has 0 aliphatic rings. The van der Waals surface area contributed by atoms with E-state index in [9.17, 15) is 4.79 Å². The predicted molar refractivity (Wildman–Crippen MR) is 111 cm³/mol. The maximum Gasteiger partial charge on any atom is 0.173 e. The van der Waals surface area contributed by atoms with Crippen LogP contribution in [0.1, 0.15) is 27.4 Å². The smallest absolute Gasteiger partial charge is 0.173 e. The van der Waals surface area contributed by atoms with E-state index in [2.05, 4.69) is 5.16 Å². The van der Waals surface area contributed by atoms with Crippen molar-refractivity contribution in [1.82, 2.24) is 10.1 Å². The van der Waals surface area contributed by atoms with E-state index >= 15 is 0 Å². The third-order valence-electron chi connectivity index (χ3n) is 4.20. The van der Waals surface area contributed by atoms with Crippen molar-refractivity contribution in [3.8, 4) is 17.0 Å². The second kappa shape index (κ2) is 8.58. The molecular weight excluding hydrogens is 398 g/mol. The molecule has 28 heavy (non-hydrogen) atoms. The fraction of sp³-hybridized carbons (Fsp3) is 0.250. The van der Waals surface area contributed by atoms with E-state index in [-0.39, 0.29) is 5.78 Å². The van der Waals surface area contributed by atoms with Crippen LogP contribution < -0.4 is 4.74 Å². The van der Waals surface area contributed by atoms with Crippen LogP contribution in [0.4, 0.5) is 0 Å². The number of carbonyl (C=O) groups excluding carboxylic acids is 1. The Balaban J connectivity index is 1.74. The van der Waals surface area contributed by atoms with Crippen molar-refractivity contribution in [3.63, 3.8) is 0 Å². The minimum Gasteiger partial charge on any atom is -0.496 e. The predicted octanol–water partition coefficient (Wildman–Crippen LogP) is 4.77. The lowest BCUT2D eigenvalue weighted by Crippen LogP contribution is -2.21. The van der Waals surface area contributed by atoms with Gasteiger partial charge in [-0.05, 0) is 24.3 Å². The van der Waals surface area contributed by atoms with Crippen LogP contribution in [-0.4, -0.2) is 42.9 Å². The van der Waals surface area contributed by atoms with Crippen LogP contribution in [0.3, 0.4) is 0 Å². The molecule has 0 unspecified atom stereocenters. The summed E-state index contributed by atoms with van der Waals surface area (Å²) in [7, 11) is 5.21. The first-order valence-corrected chi connectivity index (χ1v) is 9.77. The van der Waals surface area contributed by atoms with Gasteiger partial charge in [-0.1, -0.05) is 22.8 Å². The Hall–Kier alpha value is -2.64. The van der Waals surface area contributed by atoms with Crippen LogP contribution in [0.15, 0.2) is 40.9 Å². The molecule has 6 nitrogen and oxygen atoms in total. The van der Waals surface area contributed by atoms with Crippen LogP contribution >= 0.6 is 22.9 Å². The van der Waals surface area contributed by atoms with Crippen molar-refractivity contribution >= 4 is 34.6 Å². The van der Waals surface area contributed by atoms with E-state index in [4.69, 9.17) is 26.3 Å². The number of amidine groups is 1. The molecule has 0 aliphatic heterocycles. The summed E-state index contributed by atoms with van der Waals surface area (Å²) in [4.78, 5) is 14.6.